The van der Waals surface area contributed by atoms with Gasteiger partial charge in [0.25, 0.3) is 0 Å². The minimum absolute atomic E-state index is 1.10. The molecule has 0 fully saturated rings. The van der Waals surface area contributed by atoms with Gasteiger partial charge in [-0.1, -0.05) is 49.5 Å². The van der Waals surface area contributed by atoms with E-state index in [0.717, 1.165) is 6.42 Å². The maximum Gasteiger partial charge on any atom is -0.0303 e. The SMILES string of the molecule is C\C=C/C(/C=C\C=C/CC)=C\C. The maximum absolute atomic E-state index is 2.14. The van der Waals surface area contributed by atoms with E-state index in [-0.39, 0.29) is 0 Å². The van der Waals surface area contributed by atoms with Crippen LogP contribution in [0.2, 0.25) is 0 Å². The summed E-state index contributed by atoms with van der Waals surface area (Å²) in [4.78, 5) is 0. The van der Waals surface area contributed by atoms with Crippen molar-refractivity contribution in [2.24, 2.45) is 0 Å². The summed E-state index contributed by atoms with van der Waals surface area (Å²) in [6.07, 6.45) is 15.7. The fourth-order valence-electron chi connectivity index (χ4n) is 0.822. The molecule has 0 aromatic rings. The highest BCUT2D eigenvalue weighted by atomic mass is 13.8. The molecule has 0 amide bonds. The van der Waals surface area contributed by atoms with Gasteiger partial charge < -0.3 is 0 Å². The number of hydrogen-bond acceptors (Lipinski definition) is 0. The number of rotatable bonds is 4. The highest BCUT2D eigenvalue weighted by Gasteiger charge is 1.78. The molecule has 0 N–H and O–H groups in total. The first-order chi connectivity index (χ1) is 5.85. The Hall–Kier alpha value is -1.04. The standard InChI is InChI=1S/C12H18/c1-4-7-8-9-11-12(6-3)10-5-2/h5-11H,4H2,1-3H3/b8-7-,10-5-,11-9-,12-6+. The zero-order valence-electron chi connectivity index (χ0n) is 8.25. The van der Waals surface area contributed by atoms with E-state index in [4.69, 9.17) is 0 Å². The lowest BCUT2D eigenvalue weighted by molar-refractivity contribution is 1.22. The van der Waals surface area contributed by atoms with Gasteiger partial charge in [-0.05, 0) is 25.8 Å². The maximum atomic E-state index is 2.14. The van der Waals surface area contributed by atoms with Crippen molar-refractivity contribution in [3.8, 4) is 0 Å². The second kappa shape index (κ2) is 8.06. The van der Waals surface area contributed by atoms with Crippen LogP contribution in [0.3, 0.4) is 0 Å². The van der Waals surface area contributed by atoms with Crippen LogP contribution in [0.4, 0.5) is 0 Å². The molecule has 0 aromatic carbocycles. The van der Waals surface area contributed by atoms with Gasteiger partial charge in [-0.15, -0.1) is 0 Å². The van der Waals surface area contributed by atoms with E-state index < -0.39 is 0 Å². The van der Waals surface area contributed by atoms with Gasteiger partial charge in [0.05, 0.1) is 0 Å². The van der Waals surface area contributed by atoms with E-state index in [1.54, 1.807) is 0 Å². The highest BCUT2D eigenvalue weighted by molar-refractivity contribution is 5.31. The summed E-state index contributed by atoms with van der Waals surface area (Å²) in [6.45, 7) is 6.20. The molecule has 0 aromatic heterocycles. The van der Waals surface area contributed by atoms with E-state index in [1.165, 1.54) is 5.57 Å². The Balaban J connectivity index is 4.03. The summed E-state index contributed by atoms with van der Waals surface area (Å²) in [6, 6.07) is 0. The van der Waals surface area contributed by atoms with E-state index in [1.807, 2.05) is 19.9 Å². The molecule has 0 aliphatic rings. The third kappa shape index (κ3) is 5.72. The molecule has 12 heavy (non-hydrogen) atoms. The summed E-state index contributed by atoms with van der Waals surface area (Å²) in [5.74, 6) is 0. The molecular formula is C12H18. The minimum Gasteiger partial charge on any atom is -0.0871 e. The molecule has 0 aliphatic heterocycles. The first-order valence-electron chi connectivity index (χ1n) is 4.47. The van der Waals surface area contributed by atoms with E-state index >= 15 is 0 Å². The zero-order valence-corrected chi connectivity index (χ0v) is 8.25. The van der Waals surface area contributed by atoms with Crippen LogP contribution in [0.15, 0.2) is 48.1 Å². The molecule has 0 heterocycles. The fraction of sp³-hybridized carbons (Fsp3) is 0.333. The van der Waals surface area contributed by atoms with Crippen LogP contribution in [0.1, 0.15) is 27.2 Å². The van der Waals surface area contributed by atoms with Crippen molar-refractivity contribution in [1.82, 2.24) is 0 Å². The van der Waals surface area contributed by atoms with Gasteiger partial charge in [-0.2, -0.15) is 0 Å². The lowest BCUT2D eigenvalue weighted by atomic mass is 10.2. The minimum atomic E-state index is 1.10. The van der Waals surface area contributed by atoms with Crippen LogP contribution in [0.25, 0.3) is 0 Å². The van der Waals surface area contributed by atoms with Gasteiger partial charge in [0.1, 0.15) is 0 Å². The van der Waals surface area contributed by atoms with Crippen molar-refractivity contribution in [2.45, 2.75) is 27.2 Å². The molecule has 0 radical (unpaired) electrons. The van der Waals surface area contributed by atoms with Crippen molar-refractivity contribution in [3.05, 3.63) is 48.1 Å². The molecule has 0 atom stereocenters. The molecule has 0 heteroatoms. The molecule has 0 bridgehead atoms. The normalized spacial score (nSPS) is 14.1. The zero-order chi connectivity index (χ0) is 9.23. The molecule has 0 saturated heterocycles. The highest BCUT2D eigenvalue weighted by Crippen LogP contribution is 1.98. The van der Waals surface area contributed by atoms with Crippen molar-refractivity contribution in [1.29, 1.82) is 0 Å². The van der Waals surface area contributed by atoms with Crippen molar-refractivity contribution < 1.29 is 0 Å². The lowest BCUT2D eigenvalue weighted by Crippen LogP contribution is -1.67. The Morgan fingerprint density at radius 2 is 1.83 bits per heavy atom. The second-order valence-corrected chi connectivity index (χ2v) is 2.48. The smallest absolute Gasteiger partial charge is 0.0303 e. The third-order valence-electron chi connectivity index (χ3n) is 1.46. The lowest BCUT2D eigenvalue weighted by Gasteiger charge is -1.88. The summed E-state index contributed by atoms with van der Waals surface area (Å²) in [5, 5.41) is 0. The topological polar surface area (TPSA) is 0 Å². The largest absolute Gasteiger partial charge is 0.0871 e. The molecule has 0 unspecified atom stereocenters. The molecule has 0 aliphatic carbocycles. The number of allylic oxidation sites excluding steroid dienone is 8. The molecule has 0 nitrogen and oxygen atoms in total. The summed E-state index contributed by atoms with van der Waals surface area (Å²) in [5.41, 5.74) is 1.25. The van der Waals surface area contributed by atoms with Crippen LogP contribution >= 0.6 is 0 Å². The quantitative estimate of drug-likeness (QED) is 0.547. The summed E-state index contributed by atoms with van der Waals surface area (Å²) < 4.78 is 0. The Bertz CT molecular complexity index is 202. The Kier molecular flexibility index (Phi) is 7.36. The molecule has 66 valence electrons. The van der Waals surface area contributed by atoms with Gasteiger partial charge >= 0.3 is 0 Å². The first kappa shape index (κ1) is 11.0. The predicted octanol–water partition coefficient (Wildman–Crippen LogP) is 4.03. The average molecular weight is 162 g/mol. The van der Waals surface area contributed by atoms with Gasteiger partial charge in [0.15, 0.2) is 0 Å². The van der Waals surface area contributed by atoms with E-state index in [0.29, 0.717) is 0 Å². The van der Waals surface area contributed by atoms with Gasteiger partial charge in [0, 0.05) is 0 Å². The van der Waals surface area contributed by atoms with Crippen LogP contribution < -0.4 is 0 Å². The Morgan fingerprint density at radius 3 is 2.33 bits per heavy atom. The van der Waals surface area contributed by atoms with Crippen molar-refractivity contribution in [2.75, 3.05) is 0 Å². The van der Waals surface area contributed by atoms with Crippen LogP contribution in [0, 0.1) is 0 Å². The van der Waals surface area contributed by atoms with Gasteiger partial charge in [-0.3, -0.25) is 0 Å². The Labute approximate surface area is 76.0 Å². The molecule has 0 rings (SSSR count). The van der Waals surface area contributed by atoms with Gasteiger partial charge in [0.2, 0.25) is 0 Å². The van der Waals surface area contributed by atoms with Crippen molar-refractivity contribution >= 4 is 0 Å². The van der Waals surface area contributed by atoms with Crippen LogP contribution in [0.5, 0.6) is 0 Å². The molecule has 0 spiro atoms. The third-order valence-corrected chi connectivity index (χ3v) is 1.46. The summed E-state index contributed by atoms with van der Waals surface area (Å²) in [7, 11) is 0. The monoisotopic (exact) mass is 162 g/mol. The fourth-order valence-corrected chi connectivity index (χ4v) is 0.822. The molecular weight excluding hydrogens is 144 g/mol. The van der Waals surface area contributed by atoms with Crippen LogP contribution in [-0.2, 0) is 0 Å². The Morgan fingerprint density at radius 1 is 1.08 bits per heavy atom. The van der Waals surface area contributed by atoms with Crippen LogP contribution in [-0.4, -0.2) is 0 Å². The van der Waals surface area contributed by atoms with Gasteiger partial charge in [-0.25, -0.2) is 0 Å². The second-order valence-electron chi connectivity index (χ2n) is 2.48. The predicted molar refractivity (Wildman–Crippen MR) is 57.1 cm³/mol. The average Bonchev–Trinajstić information content (AvgIpc) is 2.10. The number of hydrogen-bond donors (Lipinski definition) is 0. The van der Waals surface area contributed by atoms with E-state index in [2.05, 4.69) is 43.4 Å². The van der Waals surface area contributed by atoms with E-state index in [9.17, 15) is 0 Å². The van der Waals surface area contributed by atoms with Crippen molar-refractivity contribution in [3.63, 3.8) is 0 Å². The first-order valence-corrected chi connectivity index (χ1v) is 4.47. The molecule has 0 saturated carbocycles. The summed E-state index contributed by atoms with van der Waals surface area (Å²) >= 11 is 0.